The quantitative estimate of drug-likeness (QED) is 0.0850. The third-order valence-corrected chi connectivity index (χ3v) is 18.1. The maximum Gasteiger partial charge on any atom is 0.480 e. The Morgan fingerprint density at radius 2 is 1.19 bits per heavy atom. The number of sulfonamides is 2. The van der Waals surface area contributed by atoms with E-state index in [0.29, 0.717) is 22.6 Å². The molecular weight excluding hydrogens is 997 g/mol. The second kappa shape index (κ2) is 20.4. The summed E-state index contributed by atoms with van der Waals surface area (Å²) >= 11 is 0. The van der Waals surface area contributed by atoms with Gasteiger partial charge in [-0.3, -0.25) is 0 Å². The lowest BCUT2D eigenvalue weighted by atomic mass is 9.78. The molecule has 8 rings (SSSR count). The van der Waals surface area contributed by atoms with Crippen molar-refractivity contribution in [1.29, 1.82) is 0 Å². The van der Waals surface area contributed by atoms with Crippen molar-refractivity contribution >= 4 is 68.5 Å². The molecule has 0 bridgehead atoms. The zero-order chi connectivity index (χ0) is 52.7. The van der Waals surface area contributed by atoms with Crippen molar-refractivity contribution in [2.24, 2.45) is 0 Å². The zero-order valence-corrected chi connectivity index (χ0v) is 43.2. The minimum Gasteiger partial charge on any atom is -0.421 e. The first-order valence-electron chi connectivity index (χ1n) is 23.7. The van der Waals surface area contributed by atoms with Gasteiger partial charge in [0, 0.05) is 47.5 Å². The van der Waals surface area contributed by atoms with E-state index in [1.165, 1.54) is 55.5 Å². The average molecular weight is 1050 g/mol. The molecule has 5 aromatic carbocycles. The summed E-state index contributed by atoms with van der Waals surface area (Å²) in [6.45, 7) is 15.6. The lowest BCUT2D eigenvalue weighted by molar-refractivity contribution is -0.438. The second-order valence-electron chi connectivity index (χ2n) is 19.0. The Morgan fingerprint density at radius 1 is 0.639 bits per heavy atom. The summed E-state index contributed by atoms with van der Waals surface area (Å²) in [5.41, 5.74) is -3.53. The first kappa shape index (κ1) is 54.2. The van der Waals surface area contributed by atoms with Gasteiger partial charge in [0.15, 0.2) is 25.8 Å². The molecule has 2 heterocycles. The van der Waals surface area contributed by atoms with Crippen LogP contribution >= 0.6 is 0 Å². The fraction of sp³-hybridized carbons (Fsp3) is 0.352. The molecule has 0 atom stereocenters. The summed E-state index contributed by atoms with van der Waals surface area (Å²) in [7, 11) is -17.3. The summed E-state index contributed by atoms with van der Waals surface area (Å²) in [6, 6.07) is 35.5. The van der Waals surface area contributed by atoms with Gasteiger partial charge in [-0.1, -0.05) is 125 Å². The van der Waals surface area contributed by atoms with Gasteiger partial charge in [0.1, 0.15) is 6.54 Å². The van der Waals surface area contributed by atoms with Gasteiger partial charge in [-0.15, -0.1) is 0 Å². The first-order chi connectivity index (χ1) is 33.7. The highest BCUT2D eigenvalue weighted by molar-refractivity contribution is 8.13. The van der Waals surface area contributed by atoms with Crippen LogP contribution in [0.3, 0.4) is 0 Å². The number of sulfone groups is 1. The molecule has 1 aliphatic carbocycles. The van der Waals surface area contributed by atoms with E-state index in [1.807, 2.05) is 18.2 Å². The molecule has 0 amide bonds. The van der Waals surface area contributed by atoms with Crippen molar-refractivity contribution < 1.29 is 56.2 Å². The molecule has 2 aliphatic heterocycles. The Morgan fingerprint density at radius 3 is 1.78 bits per heavy atom. The number of alkyl halides is 6. The van der Waals surface area contributed by atoms with Gasteiger partial charge in [0.05, 0.1) is 15.2 Å². The van der Waals surface area contributed by atoms with Crippen molar-refractivity contribution in [2.45, 2.75) is 113 Å². The molecule has 0 unspecified atom stereocenters. The van der Waals surface area contributed by atoms with Crippen LogP contribution in [-0.4, -0.2) is 59.6 Å². The highest BCUT2D eigenvalue weighted by Crippen LogP contribution is 2.51. The molecule has 72 heavy (non-hydrogen) atoms. The fourth-order valence-electron chi connectivity index (χ4n) is 10.0. The molecule has 0 aromatic heterocycles. The number of benzene rings is 5. The van der Waals surface area contributed by atoms with Crippen LogP contribution in [0.1, 0.15) is 97.6 Å². The third-order valence-electron chi connectivity index (χ3n) is 13.4. The predicted molar refractivity (Wildman–Crippen MR) is 274 cm³/mol. The zero-order valence-electron chi connectivity index (χ0n) is 40.8. The van der Waals surface area contributed by atoms with Crippen molar-refractivity contribution in [3.63, 3.8) is 0 Å². The lowest BCUT2D eigenvalue weighted by Gasteiger charge is -2.27. The van der Waals surface area contributed by atoms with E-state index >= 15 is 0 Å². The largest absolute Gasteiger partial charge is 0.480 e. The van der Waals surface area contributed by atoms with E-state index in [1.54, 1.807) is 12.1 Å². The average Bonchev–Trinajstić information content (AvgIpc) is 3.68. The van der Waals surface area contributed by atoms with Crippen LogP contribution in [0.15, 0.2) is 154 Å². The molecule has 384 valence electrons. The van der Waals surface area contributed by atoms with Crippen molar-refractivity contribution in [3.05, 3.63) is 164 Å². The summed E-state index contributed by atoms with van der Waals surface area (Å²) < 4.78 is 142. The SMILES string of the molecule is CCCCN1C(=CC=C2CCCC(C=CC3=[N+](CCCC)c4ccc5ccccc5c4C3(C)C)=C2S(=O)(=O)c2ccccc2)C(C)(C)c2c1ccc1ccccc21.O=S(=O)([N-]S(=O)(=O)C(F)(F)F)C(F)(F)F. The summed E-state index contributed by atoms with van der Waals surface area (Å²) in [5, 5.41) is 5.06. The normalized spacial score (nSPS) is 18.4. The van der Waals surface area contributed by atoms with Crippen LogP contribution in [0.5, 0.6) is 0 Å². The van der Waals surface area contributed by atoms with Crippen LogP contribution in [0, 0.1) is 0 Å². The number of allylic oxidation sites excluding steroid dienone is 7. The smallest absolute Gasteiger partial charge is 0.421 e. The standard InChI is InChI=1S/C52H57N2O2S.C2F6NO4S2/c1-7-9-35-53-44-31-27-37-19-14-16-25-42(37)48(44)51(3,4)46(53)33-29-39-21-18-22-40(50(39)57(55,56)41-23-12-11-13-24-41)30-34-47-52(5,6)49-43-26-17-15-20-38(43)28-32-45(49)54(47)36-10-8-2;3-1(4,5)14(10,11)9-15(12,13)2(6,7)8/h11-17,19-20,23-34H,7-10,18,21-22,35-36H2,1-6H3;/q+1;-1. The van der Waals surface area contributed by atoms with Gasteiger partial charge in [-0.25, -0.2) is 25.3 Å². The maximum atomic E-state index is 14.9. The Bertz CT molecular complexity index is 3370. The van der Waals surface area contributed by atoms with Crippen LogP contribution in [0.2, 0.25) is 0 Å². The molecule has 0 radical (unpaired) electrons. The summed E-state index contributed by atoms with van der Waals surface area (Å²) in [6.07, 6.45) is 15.4. The number of anilines is 1. The summed E-state index contributed by atoms with van der Waals surface area (Å²) in [4.78, 5) is 3.30. The monoisotopic (exact) mass is 1050 g/mol. The molecule has 0 N–H and O–H groups in total. The molecule has 0 spiro atoms. The van der Waals surface area contributed by atoms with E-state index in [0.717, 1.165) is 60.5 Å². The molecule has 9 nitrogen and oxygen atoms in total. The maximum absolute atomic E-state index is 14.9. The number of fused-ring (bicyclic) bond motifs is 6. The number of unbranched alkanes of at least 4 members (excludes halogenated alkanes) is 2. The molecule has 0 saturated heterocycles. The predicted octanol–water partition coefficient (Wildman–Crippen LogP) is 14.1. The highest BCUT2D eigenvalue weighted by Gasteiger charge is 2.48. The lowest BCUT2D eigenvalue weighted by Crippen LogP contribution is -2.30. The number of rotatable bonds is 13. The second-order valence-corrected chi connectivity index (χ2v) is 24.3. The van der Waals surface area contributed by atoms with E-state index < -0.39 is 40.9 Å². The minimum atomic E-state index is -6.72. The Labute approximate surface area is 418 Å². The van der Waals surface area contributed by atoms with Crippen LogP contribution in [0.25, 0.3) is 25.7 Å². The topological polar surface area (TPSA) is 123 Å². The number of nitrogens with zero attached hydrogens (tertiary/aromatic N) is 3. The van der Waals surface area contributed by atoms with E-state index in [-0.39, 0.29) is 10.8 Å². The van der Waals surface area contributed by atoms with Gasteiger partial charge in [0.2, 0.25) is 15.5 Å². The molecule has 0 saturated carbocycles. The minimum absolute atomic E-state index is 0.271. The van der Waals surface area contributed by atoms with Gasteiger partial charge in [-0.05, 0) is 108 Å². The first-order valence-corrected chi connectivity index (χ1v) is 28.0. The van der Waals surface area contributed by atoms with Crippen molar-refractivity contribution in [2.75, 3.05) is 18.0 Å². The summed E-state index contributed by atoms with van der Waals surface area (Å²) in [5.74, 6) is 0. The van der Waals surface area contributed by atoms with Crippen molar-refractivity contribution in [3.8, 4) is 0 Å². The van der Waals surface area contributed by atoms with Crippen molar-refractivity contribution in [1.82, 2.24) is 0 Å². The van der Waals surface area contributed by atoms with Gasteiger partial charge in [-0.2, -0.15) is 30.9 Å². The van der Waals surface area contributed by atoms with Gasteiger partial charge >= 0.3 is 11.0 Å². The Kier molecular flexibility index (Phi) is 15.4. The fourth-order valence-corrected chi connectivity index (χ4v) is 13.5. The van der Waals surface area contributed by atoms with Gasteiger partial charge < -0.3 is 9.03 Å². The Hall–Kier alpha value is -5.56. The van der Waals surface area contributed by atoms with Gasteiger partial charge in [0.25, 0.3) is 0 Å². The number of hydrogen-bond acceptors (Lipinski definition) is 7. The molecule has 5 aromatic rings. The van der Waals surface area contributed by atoms with E-state index in [9.17, 15) is 51.6 Å². The molecule has 0 fully saturated rings. The van der Waals surface area contributed by atoms with E-state index in [2.05, 4.69) is 148 Å². The highest BCUT2D eigenvalue weighted by atomic mass is 32.3. The molecule has 3 aliphatic rings. The number of halogens is 6. The third kappa shape index (κ3) is 10.3. The number of hydrogen-bond donors (Lipinski definition) is 0. The van der Waals surface area contributed by atoms with E-state index in [4.69, 9.17) is 0 Å². The molecular formula is C54H57F6N3O6S3. The van der Waals surface area contributed by atoms with Crippen LogP contribution < -0.4 is 4.90 Å². The van der Waals surface area contributed by atoms with Crippen LogP contribution in [0.4, 0.5) is 37.7 Å². The Balaban J connectivity index is 0.000000440. The molecule has 18 heteroatoms. The van der Waals surface area contributed by atoms with Crippen LogP contribution in [-0.2, 0) is 40.7 Å².